The van der Waals surface area contributed by atoms with Crippen molar-refractivity contribution >= 4 is 23.4 Å². The number of hydrogen-bond donors (Lipinski definition) is 2. The van der Waals surface area contributed by atoms with Crippen LogP contribution in [0.3, 0.4) is 0 Å². The lowest BCUT2D eigenvalue weighted by atomic mass is 9.45. The van der Waals surface area contributed by atoms with Gasteiger partial charge in [0.1, 0.15) is 17.1 Å². The second-order valence-electron chi connectivity index (χ2n) is 11.5. The first-order chi connectivity index (χ1) is 15.0. The van der Waals surface area contributed by atoms with Crippen LogP contribution in [0.4, 0.5) is 0 Å². The Bertz CT molecular complexity index is 954. The van der Waals surface area contributed by atoms with Crippen LogP contribution in [0.5, 0.6) is 0 Å². The van der Waals surface area contributed by atoms with Crippen molar-refractivity contribution in [2.75, 3.05) is 6.61 Å². The summed E-state index contributed by atoms with van der Waals surface area (Å²) in [6, 6.07) is 0. The van der Waals surface area contributed by atoms with Crippen molar-refractivity contribution < 1.29 is 24.5 Å². The summed E-state index contributed by atoms with van der Waals surface area (Å²) in [5.41, 5.74) is -1.10. The van der Waals surface area contributed by atoms with Crippen LogP contribution in [0.1, 0.15) is 72.6 Å². The summed E-state index contributed by atoms with van der Waals surface area (Å²) in [7, 11) is 0. The van der Waals surface area contributed by atoms with E-state index in [0.29, 0.717) is 37.0 Å². The number of carbonyl (C=O) groups is 2. The van der Waals surface area contributed by atoms with Crippen molar-refractivity contribution in [2.45, 2.75) is 78.2 Å². The molecule has 0 aromatic rings. The summed E-state index contributed by atoms with van der Waals surface area (Å²) in [5.74, 6) is 0.824. The molecule has 5 nitrogen and oxygen atoms in total. The highest BCUT2D eigenvalue weighted by atomic mass is 35.5. The Balaban J connectivity index is 1.57. The first-order valence-corrected chi connectivity index (χ1v) is 12.5. The fourth-order valence-electron chi connectivity index (χ4n) is 9.00. The van der Waals surface area contributed by atoms with Crippen LogP contribution in [0.25, 0.3) is 0 Å². The third-order valence-corrected chi connectivity index (χ3v) is 11.0. The largest absolute Gasteiger partial charge is 0.495 e. The Hall–Kier alpha value is -1.33. The van der Waals surface area contributed by atoms with Crippen LogP contribution in [0, 0.1) is 39.9 Å². The summed E-state index contributed by atoms with van der Waals surface area (Å²) in [6.07, 6.45) is 6.69. The van der Waals surface area contributed by atoms with Crippen LogP contribution in [-0.2, 0) is 14.3 Å². The van der Waals surface area contributed by atoms with Crippen molar-refractivity contribution in [3.05, 3.63) is 22.4 Å². The molecule has 0 spiro atoms. The number of halogens is 1. The number of ether oxygens (including phenoxy) is 1. The van der Waals surface area contributed by atoms with Gasteiger partial charge in [-0.15, -0.1) is 0 Å². The number of carbonyl (C=O) groups excluding carboxylic acids is 1. The second kappa shape index (κ2) is 6.85. The maximum atomic E-state index is 12.9. The maximum absolute atomic E-state index is 12.9. The molecule has 0 saturated heterocycles. The quantitative estimate of drug-likeness (QED) is 0.596. The summed E-state index contributed by atoms with van der Waals surface area (Å²) in [4.78, 5) is 24.7. The third kappa shape index (κ3) is 2.56. The molecule has 0 amide bonds. The van der Waals surface area contributed by atoms with Gasteiger partial charge in [0.15, 0.2) is 0 Å². The minimum atomic E-state index is -0.893. The molecule has 0 heterocycles. The fraction of sp³-hybridized carbons (Fsp3) is 0.769. The molecule has 6 heteroatoms. The predicted octanol–water partition coefficient (Wildman–Crippen LogP) is 5.07. The SMILES string of the molecule is CCOC1=CC2=C(Cl)C[C@@H]3[C@@H](CC[C@@]4(C)[C@H]3CC[C@]4(CC(=O)O)C(C)=O)[C@]2(C)C2CC12O. The van der Waals surface area contributed by atoms with E-state index in [0.717, 1.165) is 36.3 Å². The zero-order valence-corrected chi connectivity index (χ0v) is 20.3. The number of aliphatic carboxylic acids is 1. The summed E-state index contributed by atoms with van der Waals surface area (Å²) in [6.45, 7) is 8.48. The molecule has 5 rings (SSSR count). The van der Waals surface area contributed by atoms with Gasteiger partial charge in [0.2, 0.25) is 0 Å². The van der Waals surface area contributed by atoms with E-state index in [1.165, 1.54) is 0 Å². The van der Waals surface area contributed by atoms with E-state index in [9.17, 15) is 19.8 Å². The van der Waals surface area contributed by atoms with Gasteiger partial charge in [-0.25, -0.2) is 0 Å². The van der Waals surface area contributed by atoms with E-state index in [2.05, 4.69) is 13.8 Å². The molecule has 0 aromatic carbocycles. The summed E-state index contributed by atoms with van der Waals surface area (Å²) < 4.78 is 5.82. The maximum Gasteiger partial charge on any atom is 0.304 e. The fourth-order valence-corrected chi connectivity index (χ4v) is 9.44. The number of carboxylic acids is 1. The van der Waals surface area contributed by atoms with Crippen molar-refractivity contribution in [1.29, 1.82) is 0 Å². The summed E-state index contributed by atoms with van der Waals surface area (Å²) >= 11 is 6.98. The number of hydrogen-bond acceptors (Lipinski definition) is 4. The van der Waals surface area contributed by atoms with Crippen molar-refractivity contribution in [1.82, 2.24) is 0 Å². The molecule has 0 radical (unpaired) electrons. The Kier molecular flexibility index (Phi) is 4.81. The Morgan fingerprint density at radius 3 is 2.53 bits per heavy atom. The molecule has 5 aliphatic rings. The van der Waals surface area contributed by atoms with E-state index < -0.39 is 17.0 Å². The van der Waals surface area contributed by atoms with Gasteiger partial charge in [-0.2, -0.15) is 0 Å². The van der Waals surface area contributed by atoms with E-state index >= 15 is 0 Å². The van der Waals surface area contributed by atoms with Crippen LogP contribution in [-0.4, -0.2) is 34.2 Å². The first-order valence-electron chi connectivity index (χ1n) is 12.1. The molecule has 8 atom stereocenters. The Morgan fingerprint density at radius 2 is 1.91 bits per heavy atom. The molecular weight excluding hydrogens is 428 g/mol. The average Bonchev–Trinajstić information content (AvgIpc) is 3.33. The highest BCUT2D eigenvalue weighted by Gasteiger charge is 2.73. The van der Waals surface area contributed by atoms with Gasteiger partial charge < -0.3 is 14.9 Å². The van der Waals surface area contributed by atoms with Crippen LogP contribution in [0.2, 0.25) is 0 Å². The minimum absolute atomic E-state index is 0.0197. The lowest BCUT2D eigenvalue weighted by Crippen LogP contribution is -2.55. The molecule has 3 saturated carbocycles. The molecule has 0 aromatic heterocycles. The Labute approximate surface area is 195 Å². The normalized spacial score (nSPS) is 48.8. The number of allylic oxidation sites excluding steroid dienone is 3. The highest BCUT2D eigenvalue weighted by Crippen LogP contribution is 2.75. The molecule has 176 valence electrons. The lowest BCUT2D eigenvalue weighted by Gasteiger charge is -2.59. The summed E-state index contributed by atoms with van der Waals surface area (Å²) in [5, 5.41) is 21.9. The smallest absolute Gasteiger partial charge is 0.304 e. The molecule has 2 unspecified atom stereocenters. The molecule has 0 aliphatic heterocycles. The molecule has 2 N–H and O–H groups in total. The lowest BCUT2D eigenvalue weighted by molar-refractivity contribution is -0.154. The molecule has 0 bridgehead atoms. The van der Waals surface area contributed by atoms with Crippen LogP contribution in [0.15, 0.2) is 22.4 Å². The number of rotatable bonds is 5. The highest BCUT2D eigenvalue weighted by molar-refractivity contribution is 6.30. The average molecular weight is 463 g/mol. The molecular formula is C26H35ClO5. The van der Waals surface area contributed by atoms with Crippen molar-refractivity contribution in [3.63, 3.8) is 0 Å². The minimum Gasteiger partial charge on any atom is -0.495 e. The number of aliphatic hydroxyl groups is 1. The molecule has 3 fully saturated rings. The van der Waals surface area contributed by atoms with E-state index in [-0.39, 0.29) is 34.9 Å². The van der Waals surface area contributed by atoms with Gasteiger partial charge in [-0.3, -0.25) is 9.59 Å². The van der Waals surface area contributed by atoms with Gasteiger partial charge in [-0.05, 0) is 87.2 Å². The number of ketones is 1. The van der Waals surface area contributed by atoms with Gasteiger partial charge in [0.25, 0.3) is 0 Å². The van der Waals surface area contributed by atoms with Crippen LogP contribution >= 0.6 is 11.6 Å². The zero-order chi connectivity index (χ0) is 23.3. The number of carboxylic acid groups (broad SMARTS) is 1. The van der Waals surface area contributed by atoms with E-state index in [4.69, 9.17) is 16.3 Å². The van der Waals surface area contributed by atoms with Gasteiger partial charge in [0.05, 0.1) is 13.0 Å². The van der Waals surface area contributed by atoms with E-state index in [1.54, 1.807) is 6.92 Å². The zero-order valence-electron chi connectivity index (χ0n) is 19.5. The van der Waals surface area contributed by atoms with Gasteiger partial charge in [0, 0.05) is 21.8 Å². The van der Waals surface area contributed by atoms with Gasteiger partial charge >= 0.3 is 5.97 Å². The van der Waals surface area contributed by atoms with Crippen LogP contribution < -0.4 is 0 Å². The number of fused-ring (bicyclic) bond motifs is 7. The van der Waals surface area contributed by atoms with Gasteiger partial charge in [-0.1, -0.05) is 25.4 Å². The van der Waals surface area contributed by atoms with E-state index in [1.807, 2.05) is 13.0 Å². The first kappa shape index (κ1) is 22.5. The third-order valence-electron chi connectivity index (χ3n) is 10.6. The molecule has 32 heavy (non-hydrogen) atoms. The Morgan fingerprint density at radius 1 is 1.22 bits per heavy atom. The van der Waals surface area contributed by atoms with Crippen molar-refractivity contribution in [3.8, 4) is 0 Å². The molecule has 5 aliphatic carbocycles. The standard InChI is InChI=1S/C26H35ClO5/c1-5-32-21-11-18-19(27)10-15-16-7-9-25(14(2)28,13-22(29)30)23(16,3)8-6-17(15)24(18,4)20-12-26(20,21)31/h11,15-17,20,31H,5-10,12-13H2,1-4H3,(H,29,30)/t15-,16-,17+,20?,23-,24-,25-,26?/m0/s1. The number of Topliss-reactive ketones (excluding diaryl/α,β-unsaturated/α-hetero) is 1. The monoisotopic (exact) mass is 462 g/mol. The second-order valence-corrected chi connectivity index (χ2v) is 12.0. The van der Waals surface area contributed by atoms with Crippen molar-refractivity contribution in [2.24, 2.45) is 39.9 Å². The topological polar surface area (TPSA) is 83.8 Å². The predicted molar refractivity (Wildman–Crippen MR) is 121 cm³/mol.